The number of aliphatic carboxylic acids is 1. The van der Waals surface area contributed by atoms with Crippen LogP contribution >= 0.6 is 31.9 Å². The van der Waals surface area contributed by atoms with E-state index in [1.807, 2.05) is 5.43 Å². The number of sulfonamides is 2. The third-order valence-electron chi connectivity index (χ3n) is 6.99. The Morgan fingerprint density at radius 1 is 0.673 bits per heavy atom. The molecule has 0 aliphatic rings. The molecule has 0 saturated heterocycles. The number of hydrogen-bond acceptors (Lipinski definition) is 13. The first-order valence-electron chi connectivity index (χ1n) is 14.9. The summed E-state index contributed by atoms with van der Waals surface area (Å²) in [5.41, 5.74) is 6.93. The Labute approximate surface area is 330 Å². The summed E-state index contributed by atoms with van der Waals surface area (Å²) in [5.74, 6) is 0.430. The number of carbonyl (C=O) groups is 6. The first-order chi connectivity index (χ1) is 25.3. The van der Waals surface area contributed by atoms with Gasteiger partial charge in [0.2, 0.25) is 37.5 Å². The number of furan rings is 2. The number of hydrazine groups is 2. The molecule has 0 fully saturated rings. The molecule has 0 bridgehead atoms. The minimum Gasteiger partial charge on any atom is -0.481 e. The Balaban J connectivity index is 0.000000348. The molecule has 2 aromatic carbocycles. The minimum absolute atomic E-state index is 0.00436. The molecule has 0 aliphatic carbocycles. The van der Waals surface area contributed by atoms with Gasteiger partial charge in [0.25, 0.3) is 17.8 Å². The average molecular weight is 941 g/mol. The molecule has 2 heterocycles. The second kappa shape index (κ2) is 18.4. The minimum atomic E-state index is -3.55. The van der Waals surface area contributed by atoms with Crippen LogP contribution in [0.3, 0.4) is 0 Å². The normalized spacial score (nSPS) is 10.9. The molecule has 0 atom stereocenters. The number of nitrogen functional groups attached to an aromatic ring is 1. The molecule has 0 unspecified atom stereocenters. The largest absolute Gasteiger partial charge is 0.481 e. The SMILES string of the molecule is CC(=O)O.CNC(=O)c1c(C(=O)NN)oc2cc(N(C)S(C)(=O)=O)c(Br)cc12.CNC(=O)c1c(C(=O)NNC(C)=O)oc2cc(N(C)S(C)(=O)=O)c(Br)cc12. The molecule has 2 aromatic heterocycles. The fourth-order valence-electron chi connectivity index (χ4n) is 4.34. The molecular formula is C30H36Br2N8O13S2. The maximum Gasteiger partial charge on any atom is 0.306 e. The molecule has 0 aliphatic heterocycles. The van der Waals surface area contributed by atoms with E-state index in [1.54, 1.807) is 0 Å². The lowest BCUT2D eigenvalue weighted by Crippen LogP contribution is -2.40. The number of carboxylic acids is 1. The van der Waals surface area contributed by atoms with Crippen LogP contribution in [-0.2, 0) is 29.6 Å². The summed E-state index contributed by atoms with van der Waals surface area (Å²) in [5, 5.41) is 12.9. The quantitative estimate of drug-likeness (QED) is 0.0746. The van der Waals surface area contributed by atoms with Crippen molar-refractivity contribution in [2.45, 2.75) is 13.8 Å². The van der Waals surface area contributed by atoms with Crippen molar-refractivity contribution in [2.24, 2.45) is 5.84 Å². The highest BCUT2D eigenvalue weighted by Crippen LogP contribution is 2.37. The number of nitrogens with two attached hydrogens (primary N) is 1. The Bertz CT molecular complexity index is 2410. The van der Waals surface area contributed by atoms with Crippen molar-refractivity contribution in [2.75, 3.05) is 49.3 Å². The number of benzene rings is 2. The van der Waals surface area contributed by atoms with E-state index in [-0.39, 0.29) is 39.5 Å². The number of carbonyl (C=O) groups excluding carboxylic acids is 5. The van der Waals surface area contributed by atoms with Crippen LogP contribution < -0.4 is 41.4 Å². The monoisotopic (exact) mass is 938 g/mol. The lowest BCUT2D eigenvalue weighted by Gasteiger charge is -2.18. The number of nitrogens with zero attached hydrogens (tertiary/aromatic N) is 2. The summed E-state index contributed by atoms with van der Waals surface area (Å²) in [4.78, 5) is 68.5. The lowest BCUT2D eigenvalue weighted by atomic mass is 10.1. The molecule has 4 aromatic rings. The third-order valence-corrected chi connectivity index (χ3v) is 10.6. The smallest absolute Gasteiger partial charge is 0.306 e. The van der Waals surface area contributed by atoms with Gasteiger partial charge < -0.3 is 24.6 Å². The van der Waals surface area contributed by atoms with Crippen LogP contribution in [0.5, 0.6) is 0 Å². The van der Waals surface area contributed by atoms with Crippen molar-refractivity contribution in [1.29, 1.82) is 0 Å². The van der Waals surface area contributed by atoms with Gasteiger partial charge >= 0.3 is 11.8 Å². The summed E-state index contributed by atoms with van der Waals surface area (Å²) in [6.45, 7) is 2.28. The molecule has 300 valence electrons. The molecule has 21 nitrogen and oxygen atoms in total. The molecule has 25 heteroatoms. The van der Waals surface area contributed by atoms with Crippen LogP contribution in [0.25, 0.3) is 21.9 Å². The number of halogens is 2. The van der Waals surface area contributed by atoms with Gasteiger partial charge in [0, 0.05) is 73.9 Å². The van der Waals surface area contributed by atoms with E-state index in [0.717, 1.165) is 28.0 Å². The maximum absolute atomic E-state index is 12.3. The summed E-state index contributed by atoms with van der Waals surface area (Å²) in [6, 6.07) is 5.80. The van der Waals surface area contributed by atoms with Crippen molar-refractivity contribution in [1.82, 2.24) is 26.9 Å². The van der Waals surface area contributed by atoms with Crippen LogP contribution in [0.2, 0.25) is 0 Å². The summed E-state index contributed by atoms with van der Waals surface area (Å²) < 4.78 is 60.9. The standard InChI is InChI=1S/C15H17BrN4O6S.C13H15BrN4O5S.C2H4O2/c1-7(21)18-19-15(23)13-12(14(22)17-2)8-5-9(16)10(6-11(8)26-13)20(3)27(4,24)25;1-16-12(19)10-6-4-7(14)8(18(2)24(3,21)22)5-9(6)23-11(10)13(20)17-15;1-2(3)4/h5-6H,1-4H3,(H,17,22)(H,18,21)(H,19,23);4-5H,15H2,1-3H3,(H,16,19)(H,17,20);1H3,(H,3,4). The Hall–Kier alpha value is -5.24. The van der Waals surface area contributed by atoms with E-state index in [1.165, 1.54) is 59.4 Å². The number of fused-ring (bicyclic) bond motifs is 2. The van der Waals surface area contributed by atoms with Crippen molar-refractivity contribution in [3.63, 3.8) is 0 Å². The van der Waals surface area contributed by atoms with E-state index in [4.69, 9.17) is 24.6 Å². The van der Waals surface area contributed by atoms with Crippen molar-refractivity contribution in [3.05, 3.63) is 55.9 Å². The summed E-state index contributed by atoms with van der Waals surface area (Å²) in [7, 11) is -1.54. The van der Waals surface area contributed by atoms with Crippen LogP contribution in [0, 0.1) is 0 Å². The van der Waals surface area contributed by atoms with Crippen molar-refractivity contribution < 1.29 is 59.5 Å². The van der Waals surface area contributed by atoms with Gasteiger partial charge in [-0.1, -0.05) is 0 Å². The van der Waals surface area contributed by atoms with Gasteiger partial charge in [0.15, 0.2) is 0 Å². The highest BCUT2D eigenvalue weighted by molar-refractivity contribution is 9.11. The highest BCUT2D eigenvalue weighted by Gasteiger charge is 2.29. The van der Waals surface area contributed by atoms with Crippen molar-refractivity contribution in [3.8, 4) is 0 Å². The molecule has 0 saturated carbocycles. The van der Waals surface area contributed by atoms with Gasteiger partial charge in [-0.3, -0.25) is 53.7 Å². The van der Waals surface area contributed by atoms with E-state index in [2.05, 4.69) is 53.3 Å². The molecule has 4 rings (SSSR count). The fourth-order valence-corrected chi connectivity index (χ4v) is 6.81. The zero-order valence-corrected chi connectivity index (χ0v) is 35.0. The maximum atomic E-state index is 12.3. The summed E-state index contributed by atoms with van der Waals surface area (Å²) in [6.07, 6.45) is 2.09. The Kier molecular flexibility index (Phi) is 15.4. The second-order valence-corrected chi connectivity index (χ2v) is 16.7. The van der Waals surface area contributed by atoms with Crippen LogP contribution in [-0.4, -0.2) is 98.1 Å². The molecule has 8 N–H and O–H groups in total. The van der Waals surface area contributed by atoms with Gasteiger partial charge in [-0.15, -0.1) is 0 Å². The molecular weight excluding hydrogens is 904 g/mol. The van der Waals surface area contributed by atoms with Gasteiger partial charge in [-0.25, -0.2) is 22.7 Å². The lowest BCUT2D eigenvalue weighted by molar-refractivity contribution is -0.134. The molecule has 55 heavy (non-hydrogen) atoms. The average Bonchev–Trinajstić information content (AvgIpc) is 3.65. The first kappa shape index (κ1) is 45.9. The molecule has 5 amide bonds. The fraction of sp³-hybridized carbons (Fsp3) is 0.267. The zero-order valence-electron chi connectivity index (χ0n) is 30.2. The van der Waals surface area contributed by atoms with Gasteiger partial charge in [0.05, 0.1) is 35.0 Å². The number of nitrogens with one attached hydrogen (secondary N) is 5. The van der Waals surface area contributed by atoms with E-state index in [0.29, 0.717) is 25.4 Å². The predicted molar refractivity (Wildman–Crippen MR) is 207 cm³/mol. The number of amides is 5. The number of anilines is 2. The Morgan fingerprint density at radius 2 is 1.02 bits per heavy atom. The summed E-state index contributed by atoms with van der Waals surface area (Å²) >= 11 is 6.55. The van der Waals surface area contributed by atoms with E-state index in [9.17, 15) is 40.8 Å². The van der Waals surface area contributed by atoms with E-state index >= 15 is 0 Å². The number of hydrogen-bond donors (Lipinski definition) is 7. The number of rotatable bonds is 8. The van der Waals surface area contributed by atoms with Crippen molar-refractivity contribution >= 4 is 121 Å². The topological polar surface area (TPSA) is 310 Å². The van der Waals surface area contributed by atoms with E-state index < -0.39 is 55.6 Å². The number of carboxylic acid groups (broad SMARTS) is 1. The molecule has 0 radical (unpaired) electrons. The first-order valence-corrected chi connectivity index (χ1v) is 20.2. The predicted octanol–water partition coefficient (Wildman–Crippen LogP) is 1.38. The van der Waals surface area contributed by atoms with Crippen LogP contribution in [0.1, 0.15) is 55.7 Å². The second-order valence-electron chi connectivity index (χ2n) is 11.0. The van der Waals surface area contributed by atoms with Gasteiger partial charge in [0.1, 0.15) is 11.2 Å². The van der Waals surface area contributed by atoms with Gasteiger partial charge in [-0.2, -0.15) is 0 Å². The molecule has 0 spiro atoms. The third kappa shape index (κ3) is 11.2. The van der Waals surface area contributed by atoms with Crippen LogP contribution in [0.4, 0.5) is 11.4 Å². The zero-order chi connectivity index (χ0) is 42.3. The highest BCUT2D eigenvalue weighted by atomic mass is 79.9. The Morgan fingerprint density at radius 3 is 1.31 bits per heavy atom. The van der Waals surface area contributed by atoms with Gasteiger partial charge in [-0.05, 0) is 44.0 Å². The van der Waals surface area contributed by atoms with Crippen LogP contribution in [0.15, 0.2) is 42.0 Å².